The van der Waals surface area contributed by atoms with Crippen molar-refractivity contribution in [2.45, 2.75) is 56.7 Å². The first-order valence-corrected chi connectivity index (χ1v) is 10.6. The van der Waals surface area contributed by atoms with Crippen LogP contribution in [0.2, 0.25) is 0 Å². The van der Waals surface area contributed by atoms with Gasteiger partial charge in [-0.05, 0) is 32.0 Å². The number of ether oxygens (including phenoxy) is 1. The van der Waals surface area contributed by atoms with E-state index < -0.39 is 23.9 Å². The van der Waals surface area contributed by atoms with Crippen molar-refractivity contribution >= 4 is 11.3 Å². The molecule has 5 rings (SSSR count). The van der Waals surface area contributed by atoms with Gasteiger partial charge in [0, 0.05) is 31.1 Å². The number of benzene rings is 1. The summed E-state index contributed by atoms with van der Waals surface area (Å²) in [5.74, 6) is 0.0521. The molecule has 4 heterocycles. The summed E-state index contributed by atoms with van der Waals surface area (Å²) in [5, 5.41) is 26.8. The predicted molar refractivity (Wildman–Crippen MR) is 108 cm³/mol. The highest BCUT2D eigenvalue weighted by molar-refractivity contribution is 7.16. The van der Waals surface area contributed by atoms with Gasteiger partial charge < -0.3 is 15.2 Å². The summed E-state index contributed by atoms with van der Waals surface area (Å²) in [6.07, 6.45) is -0.881. The summed E-state index contributed by atoms with van der Waals surface area (Å²) < 4.78 is 35.9. The van der Waals surface area contributed by atoms with E-state index >= 15 is 0 Å². The van der Waals surface area contributed by atoms with E-state index in [1.54, 1.807) is 23.7 Å². The van der Waals surface area contributed by atoms with Gasteiger partial charge in [-0.15, -0.1) is 5.10 Å². The van der Waals surface area contributed by atoms with Crippen molar-refractivity contribution in [3.63, 3.8) is 0 Å². The molecule has 2 aliphatic heterocycles. The van der Waals surface area contributed by atoms with E-state index in [4.69, 9.17) is 4.74 Å². The van der Waals surface area contributed by atoms with Crippen molar-refractivity contribution in [1.82, 2.24) is 25.3 Å². The Morgan fingerprint density at radius 3 is 2.83 bits per heavy atom. The number of piperidine rings is 1. The van der Waals surface area contributed by atoms with Gasteiger partial charge in [0.25, 0.3) is 5.19 Å². The van der Waals surface area contributed by atoms with E-state index in [1.807, 2.05) is 25.3 Å². The summed E-state index contributed by atoms with van der Waals surface area (Å²) in [6, 6.07) is 6.51. The van der Waals surface area contributed by atoms with Gasteiger partial charge in [0.15, 0.2) is 11.2 Å². The van der Waals surface area contributed by atoms with Crippen LogP contribution in [0.5, 0.6) is 10.9 Å². The largest absolute Gasteiger partial charge is 0.507 e. The third-order valence-electron chi connectivity index (χ3n) is 5.83. The Labute approximate surface area is 175 Å². The molecule has 2 bridgehead atoms. The van der Waals surface area contributed by atoms with Gasteiger partial charge in [0.1, 0.15) is 18.0 Å². The highest BCUT2D eigenvalue weighted by atomic mass is 32.1. The molecule has 7 nitrogen and oxygen atoms in total. The normalized spacial score (nSPS) is 30.5. The van der Waals surface area contributed by atoms with Gasteiger partial charge in [-0.3, -0.25) is 0 Å². The second kappa shape index (κ2) is 6.98. The summed E-state index contributed by atoms with van der Waals surface area (Å²) in [7, 11) is 0. The van der Waals surface area contributed by atoms with E-state index in [9.17, 15) is 13.9 Å². The van der Waals surface area contributed by atoms with Crippen molar-refractivity contribution < 1.29 is 18.6 Å². The number of halogens is 2. The molecule has 1 aromatic carbocycles. The molecule has 10 heteroatoms. The fraction of sp³-hybridized carbons (Fsp3) is 0.450. The third kappa shape index (κ3) is 3.24. The summed E-state index contributed by atoms with van der Waals surface area (Å²) in [4.78, 5) is 0. The molecular formula is C20H21F2N5O2S. The highest BCUT2D eigenvalue weighted by Gasteiger charge is 2.56. The molecule has 0 spiro atoms. The van der Waals surface area contributed by atoms with Crippen LogP contribution in [0.1, 0.15) is 25.5 Å². The summed E-state index contributed by atoms with van der Waals surface area (Å²) >= 11 is 1.19. The number of nitrogens with zero attached hydrogens (tertiary/aromatic N) is 4. The molecule has 0 saturated carbocycles. The molecule has 5 atom stereocenters. The number of hydrogen-bond acceptors (Lipinski definition) is 7. The van der Waals surface area contributed by atoms with E-state index in [-0.39, 0.29) is 11.9 Å². The maximum absolute atomic E-state index is 14.2. The number of aromatic nitrogens is 4. The molecule has 2 aromatic heterocycles. The molecule has 30 heavy (non-hydrogen) atoms. The average molecular weight is 433 g/mol. The van der Waals surface area contributed by atoms with E-state index in [0.717, 1.165) is 11.4 Å². The number of phenolic OH excluding ortho intramolecular Hbond substituents is 1. The van der Waals surface area contributed by atoms with Gasteiger partial charge in [-0.25, -0.2) is 13.5 Å². The number of alkyl halides is 2. The lowest BCUT2D eigenvalue weighted by Crippen LogP contribution is -2.53. The highest BCUT2D eigenvalue weighted by Crippen LogP contribution is 2.42. The van der Waals surface area contributed by atoms with Crippen LogP contribution in [0.25, 0.3) is 16.3 Å². The monoisotopic (exact) mass is 433 g/mol. The zero-order valence-corrected chi connectivity index (χ0v) is 17.2. The van der Waals surface area contributed by atoms with Crippen LogP contribution < -0.4 is 10.1 Å². The fourth-order valence-corrected chi connectivity index (χ4v) is 5.13. The lowest BCUT2D eigenvalue weighted by Gasteiger charge is -2.35. The Morgan fingerprint density at radius 2 is 2.13 bits per heavy atom. The first-order valence-electron chi connectivity index (χ1n) is 9.74. The third-order valence-corrected chi connectivity index (χ3v) is 6.68. The zero-order valence-electron chi connectivity index (χ0n) is 16.4. The second-order valence-electron chi connectivity index (χ2n) is 8.17. The minimum atomic E-state index is -1.55. The number of aromatic hydroxyl groups is 1. The van der Waals surface area contributed by atoms with Crippen LogP contribution >= 0.6 is 11.3 Å². The van der Waals surface area contributed by atoms with Crippen molar-refractivity contribution in [1.29, 1.82) is 0 Å². The quantitative estimate of drug-likeness (QED) is 0.656. The molecule has 0 aliphatic carbocycles. The van der Waals surface area contributed by atoms with E-state index in [2.05, 4.69) is 20.6 Å². The van der Waals surface area contributed by atoms with Crippen LogP contribution in [-0.4, -0.2) is 55.1 Å². The van der Waals surface area contributed by atoms with Gasteiger partial charge in [0.2, 0.25) is 0 Å². The molecule has 158 valence electrons. The van der Waals surface area contributed by atoms with Gasteiger partial charge in [0.05, 0.1) is 22.5 Å². The number of phenols is 1. The lowest BCUT2D eigenvalue weighted by molar-refractivity contribution is 0.0863. The number of aryl methyl sites for hydroxylation is 1. The molecule has 5 unspecified atom stereocenters. The topological polar surface area (TPSA) is 85.1 Å². The number of hydrogen-bond donors (Lipinski definition) is 2. The first kappa shape index (κ1) is 19.4. The molecule has 3 aromatic rings. The molecule has 0 amide bonds. The first-order chi connectivity index (χ1) is 14.3. The average Bonchev–Trinajstić information content (AvgIpc) is 3.38. The van der Waals surface area contributed by atoms with Crippen molar-refractivity contribution in [3.05, 3.63) is 36.2 Å². The molecule has 2 saturated heterocycles. The Morgan fingerprint density at radius 1 is 1.30 bits per heavy atom. The number of fused-ring (bicyclic) bond motifs is 2. The zero-order chi connectivity index (χ0) is 21.0. The SMILES string of the molecule is Cc1ccn(-c2ccc(-c3nnc(OC4CC5NC(C)(C4)C(F)C5F)s3)c(O)c2)n1. The van der Waals surface area contributed by atoms with Crippen molar-refractivity contribution in [2.75, 3.05) is 0 Å². The lowest BCUT2D eigenvalue weighted by atomic mass is 9.90. The predicted octanol–water partition coefficient (Wildman–Crippen LogP) is 3.35. The van der Waals surface area contributed by atoms with E-state index in [1.165, 1.54) is 11.3 Å². The van der Waals surface area contributed by atoms with Crippen LogP contribution in [0.4, 0.5) is 8.78 Å². The van der Waals surface area contributed by atoms with Crippen molar-refractivity contribution in [2.24, 2.45) is 0 Å². The molecule has 0 radical (unpaired) electrons. The van der Waals surface area contributed by atoms with Gasteiger partial charge >= 0.3 is 0 Å². The Kier molecular flexibility index (Phi) is 4.51. The van der Waals surface area contributed by atoms with Gasteiger partial charge in [-0.2, -0.15) is 5.10 Å². The molecule has 2 aliphatic rings. The summed E-state index contributed by atoms with van der Waals surface area (Å²) in [6.45, 7) is 3.58. The Bertz CT molecular complexity index is 1090. The molecular weight excluding hydrogens is 412 g/mol. The minimum Gasteiger partial charge on any atom is -0.507 e. The van der Waals surface area contributed by atoms with Crippen LogP contribution in [-0.2, 0) is 0 Å². The van der Waals surface area contributed by atoms with Crippen LogP contribution in [0, 0.1) is 6.92 Å². The smallest absolute Gasteiger partial charge is 0.294 e. The van der Waals surface area contributed by atoms with Crippen LogP contribution in [0.15, 0.2) is 30.5 Å². The number of nitrogens with one attached hydrogen (secondary N) is 1. The maximum atomic E-state index is 14.2. The number of rotatable bonds is 4. The van der Waals surface area contributed by atoms with Crippen molar-refractivity contribution in [3.8, 4) is 27.2 Å². The van der Waals surface area contributed by atoms with Gasteiger partial charge in [-0.1, -0.05) is 16.4 Å². The molecule has 2 fully saturated rings. The second-order valence-corrected chi connectivity index (χ2v) is 9.11. The van der Waals surface area contributed by atoms with E-state index in [0.29, 0.717) is 28.6 Å². The minimum absolute atomic E-state index is 0.0521. The molecule has 2 N–H and O–H groups in total. The Balaban J connectivity index is 1.33. The standard InChI is InChI=1S/C20H21F2N5O2S/c1-10-5-6-27(26-10)11-3-4-13(15(28)7-11)18-24-25-19(30-18)29-12-8-14-16(21)17(22)20(2,9-12)23-14/h3-7,12,14,16-17,23,28H,8-9H2,1-2H3. The fourth-order valence-electron chi connectivity index (χ4n) is 4.34. The van der Waals surface area contributed by atoms with Crippen LogP contribution in [0.3, 0.4) is 0 Å². The maximum Gasteiger partial charge on any atom is 0.294 e. The summed E-state index contributed by atoms with van der Waals surface area (Å²) in [5.41, 5.74) is 1.20. The Hall–Kier alpha value is -2.59.